The van der Waals surface area contributed by atoms with Gasteiger partial charge in [-0.3, -0.25) is 4.79 Å². The first kappa shape index (κ1) is 15.5. The summed E-state index contributed by atoms with van der Waals surface area (Å²) >= 11 is 0. The molecule has 1 aliphatic heterocycles. The fraction of sp³-hybridized carbons (Fsp3) is 0.933. The van der Waals surface area contributed by atoms with Gasteiger partial charge in [0.05, 0.1) is 5.41 Å². The fourth-order valence-electron chi connectivity index (χ4n) is 2.90. The van der Waals surface area contributed by atoms with E-state index in [1.807, 2.05) is 6.92 Å². The summed E-state index contributed by atoms with van der Waals surface area (Å²) in [4.78, 5) is 13.8. The molecule has 106 valence electrons. The summed E-state index contributed by atoms with van der Waals surface area (Å²) in [5.41, 5.74) is -0.102. The maximum atomic E-state index is 11.4. The zero-order valence-electron chi connectivity index (χ0n) is 12.5. The van der Waals surface area contributed by atoms with E-state index < -0.39 is 11.4 Å². The maximum Gasteiger partial charge on any atom is 0.310 e. The molecule has 0 amide bonds. The number of carboxylic acid groups (broad SMARTS) is 1. The van der Waals surface area contributed by atoms with Crippen LogP contribution in [0.3, 0.4) is 0 Å². The molecule has 3 heteroatoms. The van der Waals surface area contributed by atoms with E-state index in [1.54, 1.807) is 0 Å². The zero-order valence-corrected chi connectivity index (χ0v) is 12.5. The molecule has 0 radical (unpaired) electrons. The third-order valence-electron chi connectivity index (χ3n) is 4.81. The second kappa shape index (κ2) is 6.05. The van der Waals surface area contributed by atoms with E-state index in [0.29, 0.717) is 12.0 Å². The average Bonchev–Trinajstić information content (AvgIpc) is 2.33. The molecule has 1 heterocycles. The van der Waals surface area contributed by atoms with E-state index in [2.05, 4.69) is 25.7 Å². The molecule has 0 aromatic heterocycles. The number of carbonyl (C=O) groups is 1. The van der Waals surface area contributed by atoms with Crippen LogP contribution in [0.2, 0.25) is 0 Å². The van der Waals surface area contributed by atoms with Crippen LogP contribution in [-0.4, -0.2) is 35.6 Å². The topological polar surface area (TPSA) is 40.5 Å². The molecule has 0 spiro atoms. The number of rotatable bonds is 6. The molecule has 0 bridgehead atoms. The van der Waals surface area contributed by atoms with Gasteiger partial charge >= 0.3 is 5.97 Å². The van der Waals surface area contributed by atoms with Crippen LogP contribution in [0.25, 0.3) is 0 Å². The normalized spacial score (nSPS) is 23.6. The molecule has 0 aromatic rings. The molecular weight excluding hydrogens is 226 g/mol. The van der Waals surface area contributed by atoms with Crippen molar-refractivity contribution >= 4 is 5.97 Å². The van der Waals surface area contributed by atoms with Crippen molar-refractivity contribution in [3.63, 3.8) is 0 Å². The Labute approximate surface area is 112 Å². The van der Waals surface area contributed by atoms with E-state index in [9.17, 15) is 9.90 Å². The van der Waals surface area contributed by atoms with Crippen molar-refractivity contribution < 1.29 is 9.90 Å². The Bertz CT molecular complexity index is 282. The van der Waals surface area contributed by atoms with Crippen molar-refractivity contribution in [3.8, 4) is 0 Å². The molecule has 1 aliphatic rings. The van der Waals surface area contributed by atoms with Crippen molar-refractivity contribution in [2.45, 2.75) is 59.8 Å². The van der Waals surface area contributed by atoms with Crippen LogP contribution in [0.1, 0.15) is 59.8 Å². The van der Waals surface area contributed by atoms with Gasteiger partial charge in [-0.25, -0.2) is 0 Å². The van der Waals surface area contributed by atoms with Crippen LogP contribution in [0.15, 0.2) is 0 Å². The lowest BCUT2D eigenvalue weighted by molar-refractivity contribution is -0.150. The summed E-state index contributed by atoms with van der Waals surface area (Å²) in [7, 11) is 0. The van der Waals surface area contributed by atoms with E-state index in [-0.39, 0.29) is 0 Å². The molecule has 1 unspecified atom stereocenters. The molecule has 3 nitrogen and oxygen atoms in total. The van der Waals surface area contributed by atoms with Gasteiger partial charge in [0.15, 0.2) is 0 Å². The minimum atomic E-state index is -0.645. The third kappa shape index (κ3) is 3.71. The monoisotopic (exact) mass is 255 g/mol. The van der Waals surface area contributed by atoms with Crippen LogP contribution in [0, 0.1) is 10.8 Å². The molecule has 1 saturated heterocycles. The fourth-order valence-corrected chi connectivity index (χ4v) is 2.90. The highest BCUT2D eigenvalue weighted by Crippen LogP contribution is 2.35. The molecule has 0 aliphatic carbocycles. The number of hydrogen-bond donors (Lipinski definition) is 1. The number of likely N-dealkylation sites (tertiary alicyclic amines) is 1. The Morgan fingerprint density at radius 1 is 1.33 bits per heavy atom. The summed E-state index contributed by atoms with van der Waals surface area (Å²) in [6.45, 7) is 11.4. The molecule has 1 N–H and O–H groups in total. The van der Waals surface area contributed by atoms with Crippen LogP contribution in [0.5, 0.6) is 0 Å². The predicted molar refractivity (Wildman–Crippen MR) is 74.7 cm³/mol. The second-order valence-corrected chi connectivity index (χ2v) is 6.56. The Kier molecular flexibility index (Phi) is 5.20. The van der Waals surface area contributed by atoms with Gasteiger partial charge in [0.2, 0.25) is 0 Å². The van der Waals surface area contributed by atoms with Crippen molar-refractivity contribution in [1.29, 1.82) is 0 Å². The van der Waals surface area contributed by atoms with Crippen molar-refractivity contribution in [3.05, 3.63) is 0 Å². The number of hydrogen-bond acceptors (Lipinski definition) is 2. The lowest BCUT2D eigenvalue weighted by Crippen LogP contribution is -2.46. The van der Waals surface area contributed by atoms with Gasteiger partial charge in [-0.15, -0.1) is 0 Å². The Morgan fingerprint density at radius 2 is 1.89 bits per heavy atom. The van der Waals surface area contributed by atoms with E-state index in [4.69, 9.17) is 0 Å². The average molecular weight is 255 g/mol. The highest BCUT2D eigenvalue weighted by Gasteiger charge is 2.36. The van der Waals surface area contributed by atoms with Crippen LogP contribution in [-0.2, 0) is 4.79 Å². The lowest BCUT2D eigenvalue weighted by atomic mass is 9.77. The first-order chi connectivity index (χ1) is 8.35. The van der Waals surface area contributed by atoms with Gasteiger partial charge in [0.25, 0.3) is 0 Å². The van der Waals surface area contributed by atoms with Gasteiger partial charge in [0.1, 0.15) is 0 Å². The SMILES string of the molecule is CCCC(C)(CN1CCC(C)(CC)CC1)C(=O)O. The zero-order chi connectivity index (χ0) is 13.8. The largest absolute Gasteiger partial charge is 0.481 e. The number of aliphatic carboxylic acids is 1. The van der Waals surface area contributed by atoms with Crippen molar-refractivity contribution in [2.75, 3.05) is 19.6 Å². The first-order valence-corrected chi connectivity index (χ1v) is 7.31. The van der Waals surface area contributed by atoms with E-state index in [0.717, 1.165) is 25.9 Å². The van der Waals surface area contributed by atoms with Gasteiger partial charge in [0, 0.05) is 6.54 Å². The lowest BCUT2D eigenvalue weighted by Gasteiger charge is -2.41. The summed E-state index contributed by atoms with van der Waals surface area (Å²) in [6, 6.07) is 0. The smallest absolute Gasteiger partial charge is 0.310 e. The highest BCUT2D eigenvalue weighted by atomic mass is 16.4. The maximum absolute atomic E-state index is 11.4. The number of piperidine rings is 1. The number of carboxylic acids is 1. The molecule has 18 heavy (non-hydrogen) atoms. The van der Waals surface area contributed by atoms with Gasteiger partial charge in [-0.2, -0.15) is 0 Å². The number of nitrogens with zero attached hydrogens (tertiary/aromatic N) is 1. The first-order valence-electron chi connectivity index (χ1n) is 7.31. The van der Waals surface area contributed by atoms with Gasteiger partial charge < -0.3 is 10.0 Å². The summed E-state index contributed by atoms with van der Waals surface area (Å²) < 4.78 is 0. The van der Waals surface area contributed by atoms with Crippen LogP contribution in [0.4, 0.5) is 0 Å². The minimum Gasteiger partial charge on any atom is -0.481 e. The molecule has 1 fully saturated rings. The highest BCUT2D eigenvalue weighted by molar-refractivity contribution is 5.74. The summed E-state index contributed by atoms with van der Waals surface area (Å²) in [6.07, 6.45) is 5.33. The molecule has 1 rings (SSSR count). The van der Waals surface area contributed by atoms with Crippen LogP contribution < -0.4 is 0 Å². The molecule has 0 aromatic carbocycles. The second-order valence-electron chi connectivity index (χ2n) is 6.56. The molecule has 0 saturated carbocycles. The Balaban J connectivity index is 2.55. The Hall–Kier alpha value is -0.570. The summed E-state index contributed by atoms with van der Waals surface area (Å²) in [5, 5.41) is 9.42. The quantitative estimate of drug-likeness (QED) is 0.791. The standard InChI is InChI=1S/C15H29NO2/c1-5-7-15(4,13(17)18)12-16-10-8-14(3,6-2)9-11-16/h5-12H2,1-4H3,(H,17,18). The van der Waals surface area contributed by atoms with Crippen molar-refractivity contribution in [1.82, 2.24) is 4.90 Å². The van der Waals surface area contributed by atoms with Gasteiger partial charge in [-0.1, -0.05) is 33.6 Å². The van der Waals surface area contributed by atoms with Gasteiger partial charge in [-0.05, 0) is 44.7 Å². The third-order valence-corrected chi connectivity index (χ3v) is 4.81. The summed E-state index contributed by atoms with van der Waals surface area (Å²) in [5.74, 6) is -0.645. The predicted octanol–water partition coefficient (Wildman–Crippen LogP) is 3.39. The minimum absolute atomic E-state index is 0.473. The van der Waals surface area contributed by atoms with E-state index >= 15 is 0 Å². The molecule has 1 atom stereocenters. The van der Waals surface area contributed by atoms with Crippen molar-refractivity contribution in [2.24, 2.45) is 10.8 Å². The van der Waals surface area contributed by atoms with Crippen LogP contribution >= 0.6 is 0 Å². The Morgan fingerprint density at radius 3 is 2.28 bits per heavy atom. The molecular formula is C15H29NO2. The van der Waals surface area contributed by atoms with E-state index in [1.165, 1.54) is 19.3 Å².